The van der Waals surface area contributed by atoms with Crippen molar-refractivity contribution in [2.45, 2.75) is 20.0 Å². The zero-order chi connectivity index (χ0) is 22.9. The minimum absolute atomic E-state index is 0.122. The maximum atomic E-state index is 13.2. The molecule has 4 nitrogen and oxygen atoms in total. The molecule has 164 valence electrons. The lowest BCUT2D eigenvalue weighted by molar-refractivity contribution is -0.123. The summed E-state index contributed by atoms with van der Waals surface area (Å²) >= 11 is 0.945. The van der Waals surface area contributed by atoms with Crippen LogP contribution in [0.15, 0.2) is 83.8 Å². The third-order valence-corrected chi connectivity index (χ3v) is 6.77. The molecule has 6 heteroatoms. The fourth-order valence-corrected chi connectivity index (χ4v) is 4.97. The molecule has 1 aliphatic rings. The topological polar surface area (TPSA) is 42.3 Å². The van der Waals surface area contributed by atoms with Crippen LogP contribution in [0.2, 0.25) is 0 Å². The first-order valence-electron chi connectivity index (χ1n) is 10.6. The third-order valence-electron chi connectivity index (χ3n) is 5.87. The molecule has 0 spiro atoms. The van der Waals surface area contributed by atoms with Crippen molar-refractivity contribution in [2.24, 2.45) is 0 Å². The molecule has 0 atom stereocenters. The molecule has 0 aliphatic carbocycles. The van der Waals surface area contributed by atoms with Gasteiger partial charge in [0.15, 0.2) is 0 Å². The van der Waals surface area contributed by atoms with Crippen molar-refractivity contribution in [1.82, 2.24) is 9.47 Å². The van der Waals surface area contributed by atoms with Crippen molar-refractivity contribution in [2.75, 3.05) is 0 Å². The van der Waals surface area contributed by atoms with Gasteiger partial charge in [-0.3, -0.25) is 14.5 Å². The number of rotatable bonds is 5. The van der Waals surface area contributed by atoms with E-state index in [1.807, 2.05) is 49.4 Å². The van der Waals surface area contributed by atoms with Gasteiger partial charge in [-0.05, 0) is 54.1 Å². The average Bonchev–Trinajstić information content (AvgIpc) is 3.24. The smallest absolute Gasteiger partial charge is 0.293 e. The predicted octanol–water partition coefficient (Wildman–Crippen LogP) is 6.37. The third kappa shape index (κ3) is 4.10. The molecule has 0 N–H and O–H groups in total. The summed E-state index contributed by atoms with van der Waals surface area (Å²) in [6.45, 7) is 2.88. The Morgan fingerprint density at radius 1 is 0.848 bits per heavy atom. The van der Waals surface area contributed by atoms with Crippen LogP contribution in [0.4, 0.5) is 9.18 Å². The second kappa shape index (κ2) is 8.71. The Bertz CT molecular complexity index is 1390. The number of para-hydroxylation sites is 1. The van der Waals surface area contributed by atoms with Crippen LogP contribution in [0.3, 0.4) is 0 Å². The van der Waals surface area contributed by atoms with E-state index in [2.05, 4.69) is 22.8 Å². The summed E-state index contributed by atoms with van der Waals surface area (Å²) in [4.78, 5) is 27.3. The molecule has 5 rings (SSSR count). The first kappa shape index (κ1) is 21.2. The molecule has 2 heterocycles. The molecule has 1 fully saturated rings. The minimum atomic E-state index is -0.352. The standard InChI is InChI=1S/C27H21FN2O2S/c1-18-23(22-9-5-6-10-24(22)29(18)16-19-7-3-2-4-8-19)15-25-26(31)30(27(32)33-25)17-20-11-13-21(28)14-12-20/h2-15H,16-17H2,1H3/b25-15-. The van der Waals surface area contributed by atoms with Crippen molar-refractivity contribution in [1.29, 1.82) is 0 Å². The van der Waals surface area contributed by atoms with E-state index >= 15 is 0 Å². The van der Waals surface area contributed by atoms with Crippen molar-refractivity contribution in [3.63, 3.8) is 0 Å². The Labute approximate surface area is 195 Å². The average molecular weight is 457 g/mol. The Balaban J connectivity index is 1.50. The number of thioether (sulfide) groups is 1. The number of carbonyl (C=O) groups is 2. The van der Waals surface area contributed by atoms with Crippen molar-refractivity contribution < 1.29 is 14.0 Å². The molecule has 0 unspecified atom stereocenters. The predicted molar refractivity (Wildman–Crippen MR) is 130 cm³/mol. The maximum absolute atomic E-state index is 13.2. The van der Waals surface area contributed by atoms with Gasteiger partial charge >= 0.3 is 0 Å². The van der Waals surface area contributed by atoms with E-state index in [4.69, 9.17) is 0 Å². The molecule has 33 heavy (non-hydrogen) atoms. The summed E-state index contributed by atoms with van der Waals surface area (Å²) in [5, 5.41) is 0.720. The second-order valence-corrected chi connectivity index (χ2v) is 8.98. The van der Waals surface area contributed by atoms with Crippen molar-refractivity contribution in [3.05, 3.63) is 112 Å². The number of hydrogen-bond acceptors (Lipinski definition) is 3. The van der Waals surface area contributed by atoms with Gasteiger partial charge in [0.05, 0.1) is 11.4 Å². The normalized spacial score (nSPS) is 15.2. The van der Waals surface area contributed by atoms with Gasteiger partial charge in [-0.25, -0.2) is 4.39 Å². The molecule has 0 saturated carbocycles. The van der Waals surface area contributed by atoms with E-state index in [1.54, 1.807) is 12.1 Å². The van der Waals surface area contributed by atoms with Crippen LogP contribution < -0.4 is 0 Å². The zero-order valence-corrected chi connectivity index (χ0v) is 18.8. The van der Waals surface area contributed by atoms with E-state index < -0.39 is 0 Å². The van der Waals surface area contributed by atoms with Crippen LogP contribution in [0, 0.1) is 12.7 Å². The first-order valence-corrected chi connectivity index (χ1v) is 11.4. The molecule has 1 aromatic heterocycles. The Morgan fingerprint density at radius 3 is 2.27 bits per heavy atom. The second-order valence-electron chi connectivity index (χ2n) is 7.98. The van der Waals surface area contributed by atoms with E-state index in [0.717, 1.165) is 33.9 Å². The largest absolute Gasteiger partial charge is 0.340 e. The van der Waals surface area contributed by atoms with E-state index in [-0.39, 0.29) is 23.5 Å². The van der Waals surface area contributed by atoms with Crippen LogP contribution in [0.5, 0.6) is 0 Å². The quantitative estimate of drug-likeness (QED) is 0.328. The molecule has 4 aromatic rings. The summed E-state index contributed by atoms with van der Waals surface area (Å²) in [5.41, 5.74) is 4.94. The fourth-order valence-electron chi connectivity index (χ4n) is 4.15. The number of aromatic nitrogens is 1. The number of amides is 2. The zero-order valence-electron chi connectivity index (χ0n) is 18.0. The molecule has 1 aliphatic heterocycles. The number of carbonyl (C=O) groups excluding carboxylic acids is 2. The van der Waals surface area contributed by atoms with Gasteiger partial charge in [-0.15, -0.1) is 0 Å². The van der Waals surface area contributed by atoms with Crippen molar-refractivity contribution in [3.8, 4) is 0 Å². The van der Waals surface area contributed by atoms with Gasteiger partial charge in [0.2, 0.25) is 0 Å². The highest BCUT2D eigenvalue weighted by atomic mass is 32.2. The molecular weight excluding hydrogens is 435 g/mol. The lowest BCUT2D eigenvalue weighted by Gasteiger charge is -2.12. The van der Waals surface area contributed by atoms with Gasteiger partial charge in [0.25, 0.3) is 11.1 Å². The lowest BCUT2D eigenvalue weighted by atomic mass is 10.1. The number of benzene rings is 3. The van der Waals surface area contributed by atoms with Gasteiger partial charge in [-0.1, -0.05) is 60.7 Å². The van der Waals surface area contributed by atoms with Crippen LogP contribution >= 0.6 is 11.8 Å². The molecule has 0 radical (unpaired) electrons. The van der Waals surface area contributed by atoms with E-state index in [0.29, 0.717) is 17.0 Å². The highest BCUT2D eigenvalue weighted by Crippen LogP contribution is 2.36. The molecule has 0 bridgehead atoms. The van der Waals surface area contributed by atoms with Crippen LogP contribution in [0.25, 0.3) is 17.0 Å². The number of hydrogen-bond donors (Lipinski definition) is 0. The number of imide groups is 1. The SMILES string of the molecule is Cc1c(/C=C2\SC(=O)N(Cc3ccc(F)cc3)C2=O)c2ccccc2n1Cc1ccccc1. The minimum Gasteiger partial charge on any atom is -0.340 e. The van der Waals surface area contributed by atoms with Gasteiger partial charge in [0, 0.05) is 28.7 Å². The van der Waals surface area contributed by atoms with Crippen LogP contribution in [-0.4, -0.2) is 20.6 Å². The molecular formula is C27H21FN2O2S. The lowest BCUT2D eigenvalue weighted by Crippen LogP contribution is -2.27. The van der Waals surface area contributed by atoms with E-state index in [9.17, 15) is 14.0 Å². The van der Waals surface area contributed by atoms with Gasteiger partial charge in [0.1, 0.15) is 5.82 Å². The van der Waals surface area contributed by atoms with Crippen LogP contribution in [0.1, 0.15) is 22.4 Å². The van der Waals surface area contributed by atoms with Crippen LogP contribution in [-0.2, 0) is 17.9 Å². The van der Waals surface area contributed by atoms with Crippen molar-refractivity contribution >= 4 is 39.9 Å². The Kier molecular flexibility index (Phi) is 5.60. The fraction of sp³-hybridized carbons (Fsp3) is 0.111. The number of nitrogens with zero attached hydrogens (tertiary/aromatic N) is 2. The molecule has 2 amide bonds. The maximum Gasteiger partial charge on any atom is 0.293 e. The monoisotopic (exact) mass is 456 g/mol. The summed E-state index contributed by atoms with van der Waals surface area (Å²) < 4.78 is 15.4. The highest BCUT2D eigenvalue weighted by Gasteiger charge is 2.35. The molecule has 1 saturated heterocycles. The van der Waals surface area contributed by atoms with E-state index in [1.165, 1.54) is 22.6 Å². The Hall–Kier alpha value is -3.64. The summed E-state index contributed by atoms with van der Waals surface area (Å²) in [5.74, 6) is -0.677. The highest BCUT2D eigenvalue weighted by molar-refractivity contribution is 8.18. The number of fused-ring (bicyclic) bond motifs is 1. The Morgan fingerprint density at radius 2 is 1.52 bits per heavy atom. The number of halogens is 1. The van der Waals surface area contributed by atoms with Gasteiger partial charge in [-0.2, -0.15) is 0 Å². The summed E-state index contributed by atoms with van der Waals surface area (Å²) in [6, 6.07) is 24.2. The first-order chi connectivity index (χ1) is 16.0. The summed E-state index contributed by atoms with van der Waals surface area (Å²) in [6.07, 6.45) is 1.83. The molecule has 3 aromatic carbocycles. The summed E-state index contributed by atoms with van der Waals surface area (Å²) in [7, 11) is 0. The van der Waals surface area contributed by atoms with Gasteiger partial charge < -0.3 is 4.57 Å².